The van der Waals surface area contributed by atoms with Gasteiger partial charge in [-0.1, -0.05) is 19.8 Å². The van der Waals surface area contributed by atoms with Crippen molar-refractivity contribution in [3.05, 3.63) is 0 Å². The van der Waals surface area contributed by atoms with Crippen molar-refractivity contribution in [3.63, 3.8) is 0 Å². The zero-order valence-electron chi connectivity index (χ0n) is 9.11. The molecule has 0 spiro atoms. The Bertz CT molecular complexity index is 175. The zero-order valence-corrected chi connectivity index (χ0v) is 9.11. The second-order valence-corrected chi connectivity index (χ2v) is 5.04. The Morgan fingerprint density at radius 3 is 2.64 bits per heavy atom. The van der Waals surface area contributed by atoms with Gasteiger partial charge in [-0.25, -0.2) is 0 Å². The van der Waals surface area contributed by atoms with Gasteiger partial charge in [0.25, 0.3) is 0 Å². The fourth-order valence-electron chi connectivity index (χ4n) is 3.07. The van der Waals surface area contributed by atoms with Crippen LogP contribution < -0.4 is 0 Å². The van der Waals surface area contributed by atoms with Gasteiger partial charge in [0.1, 0.15) is 0 Å². The molecule has 0 aromatic rings. The highest BCUT2D eigenvalue weighted by Gasteiger charge is 2.35. The summed E-state index contributed by atoms with van der Waals surface area (Å²) in [6.07, 6.45) is 6.01. The smallest absolute Gasteiger partial charge is 0.0621 e. The molecule has 1 saturated carbocycles. The van der Waals surface area contributed by atoms with E-state index in [2.05, 4.69) is 6.92 Å². The van der Waals surface area contributed by atoms with Crippen molar-refractivity contribution in [2.24, 2.45) is 17.8 Å². The summed E-state index contributed by atoms with van der Waals surface area (Å²) in [5, 5.41) is 10.3. The third kappa shape index (κ3) is 2.12. The van der Waals surface area contributed by atoms with E-state index >= 15 is 0 Å². The molecule has 4 atom stereocenters. The second kappa shape index (κ2) is 4.63. The Balaban J connectivity index is 1.89. The van der Waals surface area contributed by atoms with E-state index in [0.717, 1.165) is 26.1 Å². The molecule has 1 saturated heterocycles. The summed E-state index contributed by atoms with van der Waals surface area (Å²) >= 11 is 0. The van der Waals surface area contributed by atoms with Crippen molar-refractivity contribution in [1.82, 2.24) is 0 Å². The first-order valence-corrected chi connectivity index (χ1v) is 6.05. The largest absolute Gasteiger partial charge is 0.392 e. The molecule has 14 heavy (non-hydrogen) atoms. The van der Waals surface area contributed by atoms with Crippen LogP contribution in [0.25, 0.3) is 0 Å². The maximum Gasteiger partial charge on any atom is 0.0621 e. The van der Waals surface area contributed by atoms with Crippen molar-refractivity contribution in [3.8, 4) is 0 Å². The van der Waals surface area contributed by atoms with Crippen LogP contribution in [0.15, 0.2) is 0 Å². The van der Waals surface area contributed by atoms with Gasteiger partial charge in [0.05, 0.1) is 12.7 Å². The number of hydrogen-bond donors (Lipinski definition) is 1. The fourth-order valence-corrected chi connectivity index (χ4v) is 3.07. The average Bonchev–Trinajstić information content (AvgIpc) is 2.65. The molecule has 0 aromatic carbocycles. The Labute approximate surface area is 86.6 Å². The van der Waals surface area contributed by atoms with E-state index in [9.17, 15) is 5.11 Å². The summed E-state index contributed by atoms with van der Waals surface area (Å²) < 4.78 is 5.44. The van der Waals surface area contributed by atoms with Gasteiger partial charge in [0, 0.05) is 12.5 Å². The zero-order chi connectivity index (χ0) is 9.97. The van der Waals surface area contributed by atoms with Crippen LogP contribution in [-0.2, 0) is 4.74 Å². The molecule has 82 valence electrons. The predicted molar refractivity (Wildman–Crippen MR) is 56.1 cm³/mol. The Morgan fingerprint density at radius 1 is 1.21 bits per heavy atom. The van der Waals surface area contributed by atoms with Gasteiger partial charge >= 0.3 is 0 Å². The minimum atomic E-state index is -0.104. The van der Waals surface area contributed by atoms with Gasteiger partial charge in [-0.05, 0) is 31.1 Å². The summed E-state index contributed by atoms with van der Waals surface area (Å²) in [4.78, 5) is 0. The third-order valence-electron chi connectivity index (χ3n) is 4.04. The lowest BCUT2D eigenvalue weighted by atomic mass is 9.82. The van der Waals surface area contributed by atoms with Crippen molar-refractivity contribution in [2.75, 3.05) is 13.2 Å². The molecule has 2 aliphatic rings. The van der Waals surface area contributed by atoms with Gasteiger partial charge < -0.3 is 9.84 Å². The van der Waals surface area contributed by atoms with Crippen LogP contribution in [0, 0.1) is 17.8 Å². The molecule has 2 heteroatoms. The lowest BCUT2D eigenvalue weighted by molar-refractivity contribution is -0.0389. The topological polar surface area (TPSA) is 29.5 Å². The first kappa shape index (κ1) is 10.4. The Morgan fingerprint density at radius 2 is 2.07 bits per heavy atom. The maximum atomic E-state index is 10.3. The first-order chi connectivity index (χ1) is 6.79. The number of hydrogen-bond acceptors (Lipinski definition) is 2. The lowest BCUT2D eigenvalue weighted by Crippen LogP contribution is -2.35. The summed E-state index contributed by atoms with van der Waals surface area (Å²) in [7, 11) is 0. The molecule has 1 heterocycles. The maximum absolute atomic E-state index is 10.3. The summed E-state index contributed by atoms with van der Waals surface area (Å²) in [5.74, 6) is 1.67. The van der Waals surface area contributed by atoms with Crippen LogP contribution in [-0.4, -0.2) is 24.4 Å². The molecule has 0 aromatic heterocycles. The molecule has 2 fully saturated rings. The fraction of sp³-hybridized carbons (Fsp3) is 1.00. The quantitative estimate of drug-likeness (QED) is 0.737. The Hall–Kier alpha value is -0.0800. The molecule has 1 aliphatic carbocycles. The standard InChI is InChI=1S/C12H22O2/c1-9-4-2-6-11(9)12(13)10-5-3-7-14-8-10/h9-13H,2-8H2,1H3. The predicted octanol–water partition coefficient (Wildman–Crippen LogP) is 2.21. The number of aliphatic hydroxyl groups excluding tert-OH is 1. The molecular weight excluding hydrogens is 176 g/mol. The molecule has 0 bridgehead atoms. The van der Waals surface area contributed by atoms with Crippen molar-refractivity contribution in [2.45, 2.75) is 45.1 Å². The van der Waals surface area contributed by atoms with Crippen molar-refractivity contribution in [1.29, 1.82) is 0 Å². The molecular formula is C12H22O2. The van der Waals surface area contributed by atoms with Gasteiger partial charge in [0.15, 0.2) is 0 Å². The molecule has 4 unspecified atom stereocenters. The molecule has 0 radical (unpaired) electrons. The normalized spacial score (nSPS) is 41.1. The van der Waals surface area contributed by atoms with E-state index in [-0.39, 0.29) is 6.10 Å². The van der Waals surface area contributed by atoms with Crippen LogP contribution in [0.1, 0.15) is 39.0 Å². The highest BCUT2D eigenvalue weighted by molar-refractivity contribution is 4.85. The van der Waals surface area contributed by atoms with Crippen LogP contribution in [0.5, 0.6) is 0 Å². The molecule has 1 aliphatic heterocycles. The first-order valence-electron chi connectivity index (χ1n) is 6.05. The number of rotatable bonds is 2. The summed E-state index contributed by atoms with van der Waals surface area (Å²) in [5.41, 5.74) is 0. The third-order valence-corrected chi connectivity index (χ3v) is 4.04. The van der Waals surface area contributed by atoms with Crippen LogP contribution in [0.4, 0.5) is 0 Å². The van der Waals surface area contributed by atoms with Crippen LogP contribution >= 0.6 is 0 Å². The molecule has 0 amide bonds. The van der Waals surface area contributed by atoms with E-state index in [1.807, 2.05) is 0 Å². The summed E-state index contributed by atoms with van der Waals surface area (Å²) in [6, 6.07) is 0. The van der Waals surface area contributed by atoms with E-state index in [4.69, 9.17) is 4.74 Å². The molecule has 2 rings (SSSR count). The lowest BCUT2D eigenvalue weighted by Gasteiger charge is -2.32. The van der Waals surface area contributed by atoms with Gasteiger partial charge in [-0.3, -0.25) is 0 Å². The van der Waals surface area contributed by atoms with Crippen molar-refractivity contribution >= 4 is 0 Å². The van der Waals surface area contributed by atoms with Gasteiger partial charge in [0.2, 0.25) is 0 Å². The highest BCUT2D eigenvalue weighted by Crippen LogP contribution is 2.37. The van der Waals surface area contributed by atoms with Crippen LogP contribution in [0.3, 0.4) is 0 Å². The minimum absolute atomic E-state index is 0.104. The highest BCUT2D eigenvalue weighted by atomic mass is 16.5. The SMILES string of the molecule is CC1CCCC1C(O)C1CCCOC1. The minimum Gasteiger partial charge on any atom is -0.392 e. The average molecular weight is 198 g/mol. The van der Waals surface area contributed by atoms with Crippen LogP contribution in [0.2, 0.25) is 0 Å². The second-order valence-electron chi connectivity index (χ2n) is 5.04. The van der Waals surface area contributed by atoms with E-state index in [1.165, 1.54) is 19.3 Å². The molecule has 1 N–H and O–H groups in total. The van der Waals surface area contributed by atoms with E-state index in [1.54, 1.807) is 0 Å². The Kier molecular flexibility index (Phi) is 3.45. The monoisotopic (exact) mass is 198 g/mol. The van der Waals surface area contributed by atoms with E-state index < -0.39 is 0 Å². The van der Waals surface area contributed by atoms with E-state index in [0.29, 0.717) is 17.8 Å². The summed E-state index contributed by atoms with van der Waals surface area (Å²) in [6.45, 7) is 3.96. The van der Waals surface area contributed by atoms with Crippen molar-refractivity contribution < 1.29 is 9.84 Å². The number of ether oxygens (including phenoxy) is 1. The number of aliphatic hydroxyl groups is 1. The van der Waals surface area contributed by atoms with Gasteiger partial charge in [-0.15, -0.1) is 0 Å². The van der Waals surface area contributed by atoms with Gasteiger partial charge in [-0.2, -0.15) is 0 Å². The molecule has 2 nitrogen and oxygen atoms in total.